The fraction of sp³-hybridized carbons (Fsp3) is 0.647. The Morgan fingerprint density at radius 3 is 2.90 bits per heavy atom. The molecule has 0 spiro atoms. The molecule has 1 heterocycles. The van der Waals surface area contributed by atoms with Crippen molar-refractivity contribution in [3.05, 3.63) is 34.9 Å². The lowest BCUT2D eigenvalue weighted by atomic mass is 9.97. The number of benzene rings is 1. The Bertz CT molecular complexity index is 408. The molecule has 1 aromatic rings. The van der Waals surface area contributed by atoms with Gasteiger partial charge in [0, 0.05) is 17.6 Å². The van der Waals surface area contributed by atoms with Crippen LogP contribution in [0.25, 0.3) is 0 Å². The first-order chi connectivity index (χ1) is 9.72. The molecule has 0 aliphatic carbocycles. The number of hydrogen-bond donors (Lipinski definition) is 1. The average molecular weight is 296 g/mol. The summed E-state index contributed by atoms with van der Waals surface area (Å²) >= 11 is 6.15. The van der Waals surface area contributed by atoms with E-state index in [4.69, 9.17) is 11.6 Å². The quantitative estimate of drug-likeness (QED) is 0.840. The van der Waals surface area contributed by atoms with Gasteiger partial charge in [-0.25, -0.2) is 0 Å². The van der Waals surface area contributed by atoms with Crippen molar-refractivity contribution >= 4 is 11.6 Å². The summed E-state index contributed by atoms with van der Waals surface area (Å²) in [6, 6.07) is 8.33. The molecule has 2 nitrogen and oxygen atoms in total. The van der Waals surface area contributed by atoms with Crippen LogP contribution in [0.1, 0.15) is 57.1 Å². The molecule has 1 aliphatic rings. The first kappa shape index (κ1) is 15.8. The van der Waals surface area contributed by atoms with E-state index < -0.39 is 6.10 Å². The molecular formula is C17H26ClNO. The van der Waals surface area contributed by atoms with Gasteiger partial charge in [-0.2, -0.15) is 0 Å². The van der Waals surface area contributed by atoms with E-state index in [1.165, 1.54) is 38.6 Å². The molecular weight excluding hydrogens is 270 g/mol. The Labute approximate surface area is 127 Å². The summed E-state index contributed by atoms with van der Waals surface area (Å²) in [5, 5.41) is 11.0. The van der Waals surface area contributed by atoms with Gasteiger partial charge in [0.1, 0.15) is 0 Å². The summed E-state index contributed by atoms with van der Waals surface area (Å²) in [7, 11) is 0. The molecule has 2 atom stereocenters. The van der Waals surface area contributed by atoms with Crippen LogP contribution in [0.2, 0.25) is 5.02 Å². The Morgan fingerprint density at radius 2 is 2.15 bits per heavy atom. The van der Waals surface area contributed by atoms with Gasteiger partial charge >= 0.3 is 0 Å². The van der Waals surface area contributed by atoms with E-state index in [0.717, 1.165) is 18.5 Å². The molecule has 0 radical (unpaired) electrons. The van der Waals surface area contributed by atoms with Gasteiger partial charge < -0.3 is 10.0 Å². The van der Waals surface area contributed by atoms with Crippen LogP contribution in [0.15, 0.2) is 24.3 Å². The molecule has 2 rings (SSSR count). The van der Waals surface area contributed by atoms with E-state index in [-0.39, 0.29) is 0 Å². The van der Waals surface area contributed by atoms with Gasteiger partial charge in [0.15, 0.2) is 0 Å². The Morgan fingerprint density at radius 1 is 1.35 bits per heavy atom. The van der Waals surface area contributed by atoms with Crippen LogP contribution in [0.3, 0.4) is 0 Å². The normalized spacial score (nSPS) is 21.9. The van der Waals surface area contributed by atoms with Gasteiger partial charge in [-0.3, -0.25) is 0 Å². The van der Waals surface area contributed by atoms with E-state index >= 15 is 0 Å². The summed E-state index contributed by atoms with van der Waals surface area (Å²) in [4.78, 5) is 2.56. The molecule has 2 unspecified atom stereocenters. The SMILES string of the molecule is CCCC1CCCCN1CCC(O)c1ccccc1Cl. The summed E-state index contributed by atoms with van der Waals surface area (Å²) in [5.74, 6) is 0. The predicted octanol–water partition coefficient (Wildman–Crippen LogP) is 4.42. The minimum Gasteiger partial charge on any atom is -0.388 e. The first-order valence-corrected chi connectivity index (χ1v) is 8.26. The van der Waals surface area contributed by atoms with Crippen LogP contribution in [-0.4, -0.2) is 29.1 Å². The van der Waals surface area contributed by atoms with Gasteiger partial charge in [0.05, 0.1) is 6.10 Å². The van der Waals surface area contributed by atoms with E-state index in [9.17, 15) is 5.11 Å². The Kier molecular flexibility index (Phi) is 6.34. The van der Waals surface area contributed by atoms with Crippen molar-refractivity contribution in [2.75, 3.05) is 13.1 Å². The van der Waals surface area contributed by atoms with Gasteiger partial charge in [0.2, 0.25) is 0 Å². The van der Waals surface area contributed by atoms with Gasteiger partial charge in [-0.15, -0.1) is 0 Å². The molecule has 20 heavy (non-hydrogen) atoms. The number of rotatable bonds is 6. The minimum absolute atomic E-state index is 0.451. The lowest BCUT2D eigenvalue weighted by molar-refractivity contribution is 0.0988. The molecule has 0 amide bonds. The highest BCUT2D eigenvalue weighted by molar-refractivity contribution is 6.31. The van der Waals surface area contributed by atoms with Crippen LogP contribution < -0.4 is 0 Å². The second kappa shape index (κ2) is 8.02. The van der Waals surface area contributed by atoms with Crippen molar-refractivity contribution in [1.29, 1.82) is 0 Å². The maximum atomic E-state index is 10.3. The van der Waals surface area contributed by atoms with Crippen molar-refractivity contribution in [3.63, 3.8) is 0 Å². The van der Waals surface area contributed by atoms with Crippen LogP contribution >= 0.6 is 11.6 Å². The molecule has 1 aliphatic heterocycles. The zero-order valence-corrected chi connectivity index (χ0v) is 13.1. The fourth-order valence-corrected chi connectivity index (χ4v) is 3.47. The van der Waals surface area contributed by atoms with E-state index in [1.54, 1.807) is 0 Å². The zero-order valence-electron chi connectivity index (χ0n) is 12.4. The lowest BCUT2D eigenvalue weighted by Gasteiger charge is -2.36. The number of piperidine rings is 1. The van der Waals surface area contributed by atoms with E-state index in [1.807, 2.05) is 24.3 Å². The molecule has 112 valence electrons. The van der Waals surface area contributed by atoms with Crippen LogP contribution in [0.5, 0.6) is 0 Å². The molecule has 0 aromatic heterocycles. The van der Waals surface area contributed by atoms with Crippen LogP contribution in [-0.2, 0) is 0 Å². The average Bonchev–Trinajstić information content (AvgIpc) is 2.47. The molecule has 1 N–H and O–H groups in total. The third kappa shape index (κ3) is 4.21. The maximum absolute atomic E-state index is 10.3. The highest BCUT2D eigenvalue weighted by Crippen LogP contribution is 2.27. The summed E-state index contributed by atoms with van der Waals surface area (Å²) < 4.78 is 0. The maximum Gasteiger partial charge on any atom is 0.0816 e. The molecule has 0 saturated carbocycles. The second-order valence-corrected chi connectivity index (χ2v) is 6.21. The summed E-state index contributed by atoms with van der Waals surface area (Å²) in [5.41, 5.74) is 0.859. The fourth-order valence-electron chi connectivity index (χ4n) is 3.20. The van der Waals surface area contributed by atoms with Gasteiger partial charge in [-0.05, 0) is 43.9 Å². The number of nitrogens with zero attached hydrogens (tertiary/aromatic N) is 1. The second-order valence-electron chi connectivity index (χ2n) is 5.80. The molecule has 1 saturated heterocycles. The number of halogens is 1. The van der Waals surface area contributed by atoms with Crippen molar-refractivity contribution in [1.82, 2.24) is 4.90 Å². The standard InChI is InChI=1S/C17H26ClNO/c1-2-7-14-8-5-6-12-19(14)13-11-17(20)15-9-3-4-10-16(15)18/h3-4,9-10,14,17,20H,2,5-8,11-13H2,1H3. The van der Waals surface area contributed by atoms with Crippen molar-refractivity contribution in [2.45, 2.75) is 57.6 Å². The smallest absolute Gasteiger partial charge is 0.0816 e. The van der Waals surface area contributed by atoms with Crippen molar-refractivity contribution in [3.8, 4) is 0 Å². The third-order valence-electron chi connectivity index (χ3n) is 4.32. The minimum atomic E-state index is -0.451. The van der Waals surface area contributed by atoms with Gasteiger partial charge in [0.25, 0.3) is 0 Å². The van der Waals surface area contributed by atoms with E-state index in [0.29, 0.717) is 11.1 Å². The largest absolute Gasteiger partial charge is 0.388 e. The molecule has 1 fully saturated rings. The Hall–Kier alpha value is -0.570. The van der Waals surface area contributed by atoms with Gasteiger partial charge in [-0.1, -0.05) is 49.6 Å². The molecule has 0 bridgehead atoms. The summed E-state index contributed by atoms with van der Waals surface area (Å²) in [6.07, 6.45) is 6.81. The number of hydrogen-bond acceptors (Lipinski definition) is 2. The number of aliphatic hydroxyl groups excluding tert-OH is 1. The van der Waals surface area contributed by atoms with E-state index in [2.05, 4.69) is 11.8 Å². The highest BCUT2D eigenvalue weighted by Gasteiger charge is 2.22. The predicted molar refractivity (Wildman–Crippen MR) is 85.1 cm³/mol. The van der Waals surface area contributed by atoms with Crippen LogP contribution in [0, 0.1) is 0 Å². The summed E-state index contributed by atoms with van der Waals surface area (Å²) in [6.45, 7) is 4.41. The zero-order chi connectivity index (χ0) is 14.4. The molecule has 1 aromatic carbocycles. The topological polar surface area (TPSA) is 23.5 Å². The number of aliphatic hydroxyl groups is 1. The third-order valence-corrected chi connectivity index (χ3v) is 4.67. The van der Waals surface area contributed by atoms with Crippen molar-refractivity contribution < 1.29 is 5.11 Å². The lowest BCUT2D eigenvalue weighted by Crippen LogP contribution is -2.40. The van der Waals surface area contributed by atoms with Crippen LogP contribution in [0.4, 0.5) is 0 Å². The number of likely N-dealkylation sites (tertiary alicyclic amines) is 1. The molecule has 3 heteroatoms. The highest BCUT2D eigenvalue weighted by atomic mass is 35.5. The van der Waals surface area contributed by atoms with Crippen molar-refractivity contribution in [2.24, 2.45) is 0 Å². The first-order valence-electron chi connectivity index (χ1n) is 7.89. The monoisotopic (exact) mass is 295 g/mol. The Balaban J connectivity index is 1.88.